The molecular weight excluding hydrogens is 310 g/mol. The Kier molecular flexibility index (Phi) is 6.10. The van der Waals surface area contributed by atoms with Crippen LogP contribution in [0.1, 0.15) is 26.7 Å². The molecule has 0 radical (unpaired) electrons. The SMILES string of the molecule is CCCCN(C)CC(C)NS(=O)(=O)c1ccc2cnccc2c1. The smallest absolute Gasteiger partial charge is 0.240 e. The van der Waals surface area contributed by atoms with Crippen LogP contribution in [0.4, 0.5) is 0 Å². The number of hydrogen-bond acceptors (Lipinski definition) is 4. The molecule has 0 spiro atoms. The van der Waals surface area contributed by atoms with E-state index in [4.69, 9.17) is 0 Å². The number of pyridine rings is 1. The van der Waals surface area contributed by atoms with Crippen molar-refractivity contribution >= 4 is 20.8 Å². The van der Waals surface area contributed by atoms with Crippen molar-refractivity contribution in [2.45, 2.75) is 37.6 Å². The second kappa shape index (κ2) is 7.86. The molecule has 2 aromatic rings. The average molecular weight is 335 g/mol. The molecule has 0 amide bonds. The Bertz CT molecular complexity index is 746. The molecule has 23 heavy (non-hydrogen) atoms. The summed E-state index contributed by atoms with van der Waals surface area (Å²) in [5.41, 5.74) is 0. The monoisotopic (exact) mass is 335 g/mol. The topological polar surface area (TPSA) is 62.3 Å². The third kappa shape index (κ3) is 4.99. The van der Waals surface area contributed by atoms with Gasteiger partial charge in [-0.05, 0) is 50.5 Å². The van der Waals surface area contributed by atoms with Crippen molar-refractivity contribution in [2.24, 2.45) is 0 Å². The summed E-state index contributed by atoms with van der Waals surface area (Å²) in [7, 11) is -1.50. The molecule has 0 saturated carbocycles. The van der Waals surface area contributed by atoms with Gasteiger partial charge in [0.15, 0.2) is 0 Å². The number of unbranched alkanes of at least 4 members (excludes halogenated alkanes) is 1. The maximum Gasteiger partial charge on any atom is 0.240 e. The maximum atomic E-state index is 12.5. The Labute approximate surface area is 138 Å². The van der Waals surface area contributed by atoms with Crippen molar-refractivity contribution < 1.29 is 8.42 Å². The van der Waals surface area contributed by atoms with E-state index in [9.17, 15) is 8.42 Å². The van der Waals surface area contributed by atoms with E-state index in [2.05, 4.69) is 21.5 Å². The lowest BCUT2D eigenvalue weighted by molar-refractivity contribution is 0.304. The minimum absolute atomic E-state index is 0.144. The number of sulfonamides is 1. The standard InChI is InChI=1S/C17H25N3O2S/c1-4-5-10-20(3)13-14(2)19-23(21,22)17-7-6-16-12-18-9-8-15(16)11-17/h6-9,11-12,14,19H,4-5,10,13H2,1-3H3. The fourth-order valence-electron chi connectivity index (χ4n) is 2.59. The number of rotatable bonds is 8. The van der Waals surface area contributed by atoms with Crippen molar-refractivity contribution in [3.8, 4) is 0 Å². The lowest BCUT2D eigenvalue weighted by Gasteiger charge is -2.22. The number of nitrogens with one attached hydrogen (secondary N) is 1. The summed E-state index contributed by atoms with van der Waals surface area (Å²) in [6, 6.07) is 6.77. The molecule has 1 aromatic heterocycles. The van der Waals surface area contributed by atoms with E-state index in [-0.39, 0.29) is 6.04 Å². The fourth-order valence-corrected chi connectivity index (χ4v) is 3.86. The predicted molar refractivity (Wildman–Crippen MR) is 93.9 cm³/mol. The van der Waals surface area contributed by atoms with E-state index >= 15 is 0 Å². The van der Waals surface area contributed by atoms with Gasteiger partial charge in [-0.15, -0.1) is 0 Å². The first kappa shape index (κ1) is 17.8. The van der Waals surface area contributed by atoms with E-state index in [0.717, 1.165) is 30.2 Å². The van der Waals surface area contributed by atoms with Gasteiger partial charge in [0, 0.05) is 30.4 Å². The van der Waals surface area contributed by atoms with Gasteiger partial charge in [-0.1, -0.05) is 19.4 Å². The number of nitrogens with zero attached hydrogens (tertiary/aromatic N) is 2. The molecule has 1 N–H and O–H groups in total. The van der Waals surface area contributed by atoms with Crippen LogP contribution < -0.4 is 4.72 Å². The van der Waals surface area contributed by atoms with E-state index < -0.39 is 10.0 Å². The van der Waals surface area contributed by atoms with Crippen molar-refractivity contribution in [2.75, 3.05) is 20.1 Å². The number of aromatic nitrogens is 1. The molecular formula is C17H25N3O2S. The molecule has 1 unspecified atom stereocenters. The molecule has 1 heterocycles. The lowest BCUT2D eigenvalue weighted by atomic mass is 10.2. The van der Waals surface area contributed by atoms with Gasteiger partial charge in [0.2, 0.25) is 10.0 Å². The van der Waals surface area contributed by atoms with Gasteiger partial charge in [0.25, 0.3) is 0 Å². The zero-order valence-corrected chi connectivity index (χ0v) is 14.8. The molecule has 126 valence electrons. The van der Waals surface area contributed by atoms with Crippen molar-refractivity contribution in [1.82, 2.24) is 14.6 Å². The summed E-state index contributed by atoms with van der Waals surface area (Å²) in [4.78, 5) is 6.49. The minimum atomic E-state index is -3.51. The minimum Gasteiger partial charge on any atom is -0.305 e. The zero-order chi connectivity index (χ0) is 16.9. The van der Waals surface area contributed by atoms with Crippen LogP contribution in [-0.2, 0) is 10.0 Å². The predicted octanol–water partition coefficient (Wildman–Crippen LogP) is 2.63. The molecule has 0 aliphatic carbocycles. The zero-order valence-electron chi connectivity index (χ0n) is 14.0. The molecule has 0 bridgehead atoms. The molecule has 5 nitrogen and oxygen atoms in total. The highest BCUT2D eigenvalue weighted by atomic mass is 32.2. The molecule has 0 fully saturated rings. The van der Waals surface area contributed by atoms with Crippen molar-refractivity contribution in [3.63, 3.8) is 0 Å². The van der Waals surface area contributed by atoms with E-state index in [1.54, 1.807) is 30.6 Å². The van der Waals surface area contributed by atoms with Gasteiger partial charge in [-0.3, -0.25) is 4.98 Å². The van der Waals surface area contributed by atoms with Gasteiger partial charge >= 0.3 is 0 Å². The Morgan fingerprint density at radius 2 is 2.04 bits per heavy atom. The largest absolute Gasteiger partial charge is 0.305 e. The first-order valence-electron chi connectivity index (χ1n) is 7.97. The van der Waals surface area contributed by atoms with E-state index in [1.807, 2.05) is 20.0 Å². The summed E-state index contributed by atoms with van der Waals surface area (Å²) in [6.07, 6.45) is 5.65. The lowest BCUT2D eigenvalue weighted by Crippen LogP contribution is -2.40. The second-order valence-electron chi connectivity index (χ2n) is 6.02. The molecule has 2 rings (SSSR count). The van der Waals surface area contributed by atoms with Crippen LogP contribution in [0.5, 0.6) is 0 Å². The first-order valence-corrected chi connectivity index (χ1v) is 9.45. The molecule has 0 saturated heterocycles. The third-order valence-corrected chi connectivity index (χ3v) is 5.34. The molecule has 6 heteroatoms. The highest BCUT2D eigenvalue weighted by Gasteiger charge is 2.18. The summed E-state index contributed by atoms with van der Waals surface area (Å²) < 4.78 is 27.8. The van der Waals surface area contributed by atoms with Gasteiger partial charge in [0.05, 0.1) is 4.90 Å². The molecule has 1 aromatic carbocycles. The summed E-state index contributed by atoms with van der Waals surface area (Å²) in [6.45, 7) is 5.71. The molecule has 0 aliphatic heterocycles. The maximum absolute atomic E-state index is 12.5. The fraction of sp³-hybridized carbons (Fsp3) is 0.471. The molecule has 1 atom stereocenters. The number of benzene rings is 1. The highest BCUT2D eigenvalue weighted by Crippen LogP contribution is 2.18. The van der Waals surface area contributed by atoms with Crippen LogP contribution in [0.15, 0.2) is 41.6 Å². The highest BCUT2D eigenvalue weighted by molar-refractivity contribution is 7.89. The third-order valence-electron chi connectivity index (χ3n) is 3.76. The Hall–Kier alpha value is -1.50. The normalized spacial score (nSPS) is 13.6. The second-order valence-corrected chi connectivity index (χ2v) is 7.74. The number of likely N-dealkylation sites (N-methyl/N-ethyl adjacent to an activating group) is 1. The van der Waals surface area contributed by atoms with Crippen LogP contribution in [0.3, 0.4) is 0 Å². The Morgan fingerprint density at radius 1 is 1.26 bits per heavy atom. The van der Waals surface area contributed by atoms with E-state index in [1.165, 1.54) is 0 Å². The van der Waals surface area contributed by atoms with Crippen LogP contribution in [0, 0.1) is 0 Å². The van der Waals surface area contributed by atoms with Gasteiger partial charge < -0.3 is 4.90 Å². The first-order chi connectivity index (χ1) is 10.9. The van der Waals surface area contributed by atoms with Crippen molar-refractivity contribution in [3.05, 3.63) is 36.7 Å². The van der Waals surface area contributed by atoms with Gasteiger partial charge in [-0.2, -0.15) is 0 Å². The Balaban J connectivity index is 2.07. The van der Waals surface area contributed by atoms with Gasteiger partial charge in [0.1, 0.15) is 0 Å². The Morgan fingerprint density at radius 3 is 2.78 bits per heavy atom. The summed E-state index contributed by atoms with van der Waals surface area (Å²) in [5.74, 6) is 0. The molecule has 0 aliphatic rings. The number of fused-ring (bicyclic) bond motifs is 1. The quantitative estimate of drug-likeness (QED) is 0.805. The van der Waals surface area contributed by atoms with Crippen LogP contribution in [0.2, 0.25) is 0 Å². The average Bonchev–Trinajstić information content (AvgIpc) is 2.51. The van der Waals surface area contributed by atoms with E-state index in [0.29, 0.717) is 11.4 Å². The summed E-state index contributed by atoms with van der Waals surface area (Å²) >= 11 is 0. The van der Waals surface area contributed by atoms with Gasteiger partial charge in [-0.25, -0.2) is 13.1 Å². The number of hydrogen-bond donors (Lipinski definition) is 1. The van der Waals surface area contributed by atoms with Crippen LogP contribution in [0.25, 0.3) is 10.8 Å². The summed E-state index contributed by atoms with van der Waals surface area (Å²) in [5, 5.41) is 1.80. The van der Waals surface area contributed by atoms with Crippen LogP contribution >= 0.6 is 0 Å². The van der Waals surface area contributed by atoms with Crippen LogP contribution in [-0.4, -0.2) is 44.5 Å². The van der Waals surface area contributed by atoms with Crippen molar-refractivity contribution in [1.29, 1.82) is 0 Å².